The number of aromatic nitrogens is 2. The van der Waals surface area contributed by atoms with Gasteiger partial charge in [-0.05, 0) is 68.0 Å². The van der Waals surface area contributed by atoms with Crippen molar-refractivity contribution in [1.82, 2.24) is 15.3 Å². The third kappa shape index (κ3) is 3.37. The van der Waals surface area contributed by atoms with Gasteiger partial charge in [-0.2, -0.15) is 0 Å². The number of nitrogens with one attached hydrogen (secondary N) is 2. The van der Waals surface area contributed by atoms with Crippen LogP contribution in [0.4, 0.5) is 0 Å². The lowest BCUT2D eigenvalue weighted by Gasteiger charge is -2.29. The van der Waals surface area contributed by atoms with Crippen LogP contribution in [0.25, 0.3) is 11.0 Å². The Morgan fingerprint density at radius 2 is 2.07 bits per heavy atom. The third-order valence-corrected chi connectivity index (χ3v) is 5.97. The van der Waals surface area contributed by atoms with E-state index in [0.29, 0.717) is 5.92 Å². The molecule has 3 aromatic rings. The van der Waals surface area contributed by atoms with E-state index in [1.54, 1.807) is 0 Å². The van der Waals surface area contributed by atoms with E-state index in [2.05, 4.69) is 16.4 Å². The molecule has 0 spiro atoms. The highest BCUT2D eigenvalue weighted by atomic mass is 16.5. The molecule has 0 bridgehead atoms. The topological polar surface area (TPSA) is 67.0 Å². The van der Waals surface area contributed by atoms with E-state index in [0.717, 1.165) is 78.9 Å². The van der Waals surface area contributed by atoms with E-state index in [1.807, 2.05) is 36.4 Å². The molecule has 1 saturated carbocycles. The Labute approximate surface area is 164 Å². The number of imidazole rings is 1. The van der Waals surface area contributed by atoms with Crippen LogP contribution >= 0.6 is 0 Å². The zero-order valence-electron chi connectivity index (χ0n) is 15.9. The lowest BCUT2D eigenvalue weighted by atomic mass is 9.85. The molecule has 2 aliphatic rings. The number of rotatable bonds is 3. The summed E-state index contributed by atoms with van der Waals surface area (Å²) in [6.07, 6.45) is 6.16. The van der Waals surface area contributed by atoms with Gasteiger partial charge >= 0.3 is 0 Å². The predicted molar refractivity (Wildman–Crippen MR) is 109 cm³/mol. The van der Waals surface area contributed by atoms with Crippen LogP contribution in [-0.4, -0.2) is 28.5 Å². The highest BCUT2D eigenvalue weighted by molar-refractivity contribution is 5.94. The Hall–Kier alpha value is -2.82. The minimum absolute atomic E-state index is 0.0172. The molecule has 2 N–H and O–H groups in total. The van der Waals surface area contributed by atoms with Gasteiger partial charge in [0.15, 0.2) is 0 Å². The van der Waals surface area contributed by atoms with Gasteiger partial charge in [-0.15, -0.1) is 0 Å². The number of carbonyl (C=O) groups is 1. The average molecular weight is 375 g/mol. The number of carbonyl (C=O) groups excluding carboxylic acids is 1. The fraction of sp³-hybridized carbons (Fsp3) is 0.391. The average Bonchev–Trinajstić information content (AvgIpc) is 3.18. The minimum atomic E-state index is 0.0172. The molecule has 0 saturated heterocycles. The molecule has 5 nitrogen and oxygen atoms in total. The summed E-state index contributed by atoms with van der Waals surface area (Å²) >= 11 is 0. The molecular formula is C23H25N3O2. The van der Waals surface area contributed by atoms with Gasteiger partial charge in [-0.1, -0.05) is 18.6 Å². The number of nitrogens with zero attached hydrogens (tertiary/aromatic N) is 1. The van der Waals surface area contributed by atoms with Crippen LogP contribution in [0.3, 0.4) is 0 Å². The summed E-state index contributed by atoms with van der Waals surface area (Å²) in [5.74, 6) is 2.35. The highest BCUT2D eigenvalue weighted by Crippen LogP contribution is 2.33. The predicted octanol–water partition coefficient (Wildman–Crippen LogP) is 4.34. The fourth-order valence-electron chi connectivity index (χ4n) is 4.51. The Balaban J connectivity index is 1.28. The van der Waals surface area contributed by atoms with E-state index in [9.17, 15) is 4.79 Å². The monoisotopic (exact) mass is 375 g/mol. The lowest BCUT2D eigenvalue weighted by molar-refractivity contribution is 0.0924. The Bertz CT molecular complexity index is 977. The minimum Gasteiger partial charge on any atom is -0.493 e. The first-order valence-corrected chi connectivity index (χ1v) is 10.3. The second kappa shape index (κ2) is 7.30. The van der Waals surface area contributed by atoms with E-state index < -0.39 is 0 Å². The van der Waals surface area contributed by atoms with E-state index in [-0.39, 0.29) is 11.9 Å². The first kappa shape index (κ1) is 17.3. The smallest absolute Gasteiger partial charge is 0.251 e. The first-order valence-electron chi connectivity index (χ1n) is 10.3. The van der Waals surface area contributed by atoms with Crippen molar-refractivity contribution >= 4 is 16.9 Å². The Morgan fingerprint density at radius 3 is 3.00 bits per heavy atom. The Morgan fingerprint density at radius 1 is 1.14 bits per heavy atom. The number of ether oxygens (including phenoxy) is 1. The van der Waals surface area contributed by atoms with Crippen LogP contribution in [-0.2, 0) is 6.42 Å². The van der Waals surface area contributed by atoms with Gasteiger partial charge < -0.3 is 15.0 Å². The Kier molecular flexibility index (Phi) is 4.51. The van der Waals surface area contributed by atoms with E-state index in [1.165, 1.54) is 0 Å². The molecule has 2 unspecified atom stereocenters. The number of benzene rings is 2. The van der Waals surface area contributed by atoms with Gasteiger partial charge in [-0.3, -0.25) is 4.79 Å². The molecule has 28 heavy (non-hydrogen) atoms. The molecule has 2 heterocycles. The fourth-order valence-corrected chi connectivity index (χ4v) is 4.51. The molecule has 5 heteroatoms. The molecule has 2 atom stereocenters. The number of aryl methyl sites for hydroxylation is 1. The first-order chi connectivity index (χ1) is 13.8. The van der Waals surface area contributed by atoms with Crippen molar-refractivity contribution in [1.29, 1.82) is 0 Å². The number of hydrogen-bond donors (Lipinski definition) is 2. The maximum absolute atomic E-state index is 12.8. The van der Waals surface area contributed by atoms with Crippen LogP contribution in [0, 0.1) is 0 Å². The van der Waals surface area contributed by atoms with Crippen LogP contribution in [0.15, 0.2) is 42.5 Å². The SMILES string of the molecule is O=C(NC1CCCC(c2nc3ccccc3[nH]2)C1)c1ccc2c(c1)CCCO2. The summed E-state index contributed by atoms with van der Waals surface area (Å²) < 4.78 is 5.65. The molecule has 1 aliphatic heterocycles. The number of hydrogen-bond acceptors (Lipinski definition) is 3. The van der Waals surface area contributed by atoms with Crippen molar-refractivity contribution in [3.63, 3.8) is 0 Å². The van der Waals surface area contributed by atoms with Crippen LogP contribution < -0.4 is 10.1 Å². The van der Waals surface area contributed by atoms with Gasteiger partial charge in [0.25, 0.3) is 5.91 Å². The molecule has 0 radical (unpaired) electrons. The summed E-state index contributed by atoms with van der Waals surface area (Å²) in [5.41, 5.74) is 3.97. The number of H-pyrrole nitrogens is 1. The van der Waals surface area contributed by atoms with Crippen LogP contribution in [0.1, 0.15) is 59.8 Å². The normalized spacial score (nSPS) is 21.7. The summed E-state index contributed by atoms with van der Waals surface area (Å²) in [4.78, 5) is 21.0. The molecule has 5 rings (SSSR count). The maximum Gasteiger partial charge on any atom is 0.251 e. The molecule has 1 amide bonds. The third-order valence-electron chi connectivity index (χ3n) is 5.97. The van der Waals surface area contributed by atoms with Crippen LogP contribution in [0.5, 0.6) is 5.75 Å². The van der Waals surface area contributed by atoms with Crippen molar-refractivity contribution in [2.75, 3.05) is 6.61 Å². The van der Waals surface area contributed by atoms with Gasteiger partial charge in [0.2, 0.25) is 0 Å². The summed E-state index contributed by atoms with van der Waals surface area (Å²) in [6.45, 7) is 0.768. The summed E-state index contributed by atoms with van der Waals surface area (Å²) in [5, 5.41) is 3.25. The summed E-state index contributed by atoms with van der Waals surface area (Å²) in [6, 6.07) is 14.1. The van der Waals surface area contributed by atoms with Gasteiger partial charge in [0.05, 0.1) is 17.6 Å². The molecule has 2 aromatic carbocycles. The molecule has 1 aliphatic carbocycles. The molecular weight excluding hydrogens is 350 g/mol. The quantitative estimate of drug-likeness (QED) is 0.715. The second-order valence-electron chi connectivity index (χ2n) is 7.95. The van der Waals surface area contributed by atoms with Gasteiger partial charge in [-0.25, -0.2) is 4.98 Å². The molecule has 1 fully saturated rings. The zero-order valence-corrected chi connectivity index (χ0v) is 15.9. The van der Waals surface area contributed by atoms with Crippen molar-refractivity contribution in [2.45, 2.75) is 50.5 Å². The maximum atomic E-state index is 12.8. The number of aromatic amines is 1. The standard InChI is InChI=1S/C23H25N3O2/c27-23(17-10-11-21-15(13-17)6-4-12-28-21)24-18-7-3-5-16(14-18)22-25-19-8-1-2-9-20(19)26-22/h1-2,8-11,13,16,18H,3-7,12,14H2,(H,24,27)(H,25,26). The van der Waals surface area contributed by atoms with Crippen molar-refractivity contribution in [3.8, 4) is 5.75 Å². The lowest BCUT2D eigenvalue weighted by Crippen LogP contribution is -2.38. The number of para-hydroxylation sites is 2. The zero-order chi connectivity index (χ0) is 18.9. The van der Waals surface area contributed by atoms with E-state index >= 15 is 0 Å². The second-order valence-corrected chi connectivity index (χ2v) is 7.95. The van der Waals surface area contributed by atoms with Crippen molar-refractivity contribution < 1.29 is 9.53 Å². The summed E-state index contributed by atoms with van der Waals surface area (Å²) in [7, 11) is 0. The van der Waals surface area contributed by atoms with Gasteiger partial charge in [0, 0.05) is 17.5 Å². The molecule has 144 valence electrons. The molecule has 1 aromatic heterocycles. The number of amides is 1. The van der Waals surface area contributed by atoms with Crippen LogP contribution in [0.2, 0.25) is 0 Å². The highest BCUT2D eigenvalue weighted by Gasteiger charge is 2.27. The number of fused-ring (bicyclic) bond motifs is 2. The largest absolute Gasteiger partial charge is 0.493 e. The van der Waals surface area contributed by atoms with Gasteiger partial charge in [0.1, 0.15) is 11.6 Å². The van der Waals surface area contributed by atoms with E-state index in [4.69, 9.17) is 9.72 Å². The van der Waals surface area contributed by atoms with Crippen molar-refractivity contribution in [3.05, 3.63) is 59.4 Å². The van der Waals surface area contributed by atoms with Crippen molar-refractivity contribution in [2.24, 2.45) is 0 Å².